The minimum absolute atomic E-state index is 0.779. The van der Waals surface area contributed by atoms with Crippen molar-refractivity contribution in [3.63, 3.8) is 0 Å². The number of hydrogen-bond acceptors (Lipinski definition) is 0. The molecule has 0 aliphatic heterocycles. The first kappa shape index (κ1) is 13.9. The van der Waals surface area contributed by atoms with Gasteiger partial charge in [-0.1, -0.05) is 37.6 Å². The Kier molecular flexibility index (Phi) is 8.87. The van der Waals surface area contributed by atoms with E-state index in [2.05, 4.69) is 39.0 Å². The van der Waals surface area contributed by atoms with Crippen LogP contribution in [0.1, 0.15) is 27.2 Å². The standard InChI is InChI=1S/C10H15.2ClH.Zr/c1-8(2)6-10-5-4-9(3)7-10;;;/h4-5,7-8H,6H2,1-3H3;2*1H;/q;;;+2/p-2. The first-order valence-corrected chi connectivity index (χ1v) is 10.6. The number of allylic oxidation sites excluding steroid dienone is 4. The molecule has 13 heavy (non-hydrogen) atoms. The van der Waals surface area contributed by atoms with Gasteiger partial charge in [0.05, 0.1) is 0 Å². The summed E-state index contributed by atoms with van der Waals surface area (Å²) in [6.45, 7) is 6.65. The second kappa shape index (κ2) is 8.27. The van der Waals surface area contributed by atoms with E-state index in [1.165, 1.54) is 17.9 Å². The maximum atomic E-state index is 4.93. The number of halogens is 2. The summed E-state index contributed by atoms with van der Waals surface area (Å²) < 4.78 is 0. The number of hydrogen-bond donors (Lipinski definition) is 0. The van der Waals surface area contributed by atoms with Crippen LogP contribution in [0.5, 0.6) is 0 Å². The van der Waals surface area contributed by atoms with Crippen LogP contribution in [-0.4, -0.2) is 0 Å². The summed E-state index contributed by atoms with van der Waals surface area (Å²) in [5.41, 5.74) is 1.38. The average Bonchev–Trinajstić information content (AvgIpc) is 2.35. The molecular formula is C10H15Cl2Zr. The van der Waals surface area contributed by atoms with Crippen LogP contribution in [0.15, 0.2) is 23.8 Å². The Morgan fingerprint density at radius 2 is 1.85 bits per heavy atom. The molecule has 0 saturated heterocycles. The quantitative estimate of drug-likeness (QED) is 0.704. The van der Waals surface area contributed by atoms with Crippen LogP contribution in [0, 0.1) is 11.8 Å². The summed E-state index contributed by atoms with van der Waals surface area (Å²) in [6.07, 6.45) is 7.88. The maximum absolute atomic E-state index is 4.93. The fourth-order valence-corrected chi connectivity index (χ4v) is 1.23. The second-order valence-electron chi connectivity index (χ2n) is 3.47. The monoisotopic (exact) mass is 295 g/mol. The molecule has 1 aliphatic rings. The molecule has 0 amide bonds. The molecular weight excluding hydrogens is 282 g/mol. The molecule has 1 aliphatic carbocycles. The molecule has 0 aromatic heterocycles. The Labute approximate surface area is 100 Å². The van der Waals surface area contributed by atoms with Gasteiger partial charge in [0.15, 0.2) is 0 Å². The molecule has 3 heteroatoms. The van der Waals surface area contributed by atoms with E-state index >= 15 is 0 Å². The predicted octanol–water partition coefficient (Wildman–Crippen LogP) is 4.50. The Balaban J connectivity index is 0.000000424. The van der Waals surface area contributed by atoms with Gasteiger partial charge < -0.3 is 0 Å². The Morgan fingerprint density at radius 1 is 1.31 bits per heavy atom. The third-order valence-electron chi connectivity index (χ3n) is 1.62. The third kappa shape index (κ3) is 7.97. The molecule has 0 atom stereocenters. The molecule has 0 bridgehead atoms. The fraction of sp³-hybridized carbons (Fsp3) is 0.500. The van der Waals surface area contributed by atoms with Crippen LogP contribution in [0.4, 0.5) is 0 Å². The topological polar surface area (TPSA) is 0 Å². The van der Waals surface area contributed by atoms with Crippen molar-refractivity contribution in [1.82, 2.24) is 0 Å². The molecule has 0 spiro atoms. The van der Waals surface area contributed by atoms with Gasteiger partial charge in [0.2, 0.25) is 0 Å². The normalized spacial score (nSPS) is 15.4. The summed E-state index contributed by atoms with van der Waals surface area (Å²) in [4.78, 5) is 0. The zero-order chi connectivity index (χ0) is 10.3. The van der Waals surface area contributed by atoms with Crippen molar-refractivity contribution in [3.05, 3.63) is 29.7 Å². The van der Waals surface area contributed by atoms with E-state index < -0.39 is 20.8 Å². The van der Waals surface area contributed by atoms with Gasteiger partial charge in [-0.15, -0.1) is 0 Å². The van der Waals surface area contributed by atoms with Gasteiger partial charge in [-0.25, -0.2) is 0 Å². The van der Waals surface area contributed by atoms with Gasteiger partial charge in [0.25, 0.3) is 0 Å². The molecule has 73 valence electrons. The van der Waals surface area contributed by atoms with Crippen molar-refractivity contribution in [1.29, 1.82) is 0 Å². The molecule has 1 rings (SSSR count). The van der Waals surface area contributed by atoms with Crippen molar-refractivity contribution in [2.45, 2.75) is 27.2 Å². The molecule has 0 aromatic carbocycles. The molecule has 0 aromatic rings. The van der Waals surface area contributed by atoms with E-state index in [-0.39, 0.29) is 0 Å². The van der Waals surface area contributed by atoms with Crippen molar-refractivity contribution >= 4 is 17.0 Å². The van der Waals surface area contributed by atoms with E-state index in [0.29, 0.717) is 0 Å². The van der Waals surface area contributed by atoms with Crippen molar-refractivity contribution in [3.8, 4) is 0 Å². The minimum atomic E-state index is -0.826. The van der Waals surface area contributed by atoms with Crippen molar-refractivity contribution < 1.29 is 20.8 Å². The SMILES string of the molecule is CC1=C[C](CC(C)C)C=C1.[Cl][Zr][Cl]. The summed E-state index contributed by atoms with van der Waals surface area (Å²) in [6, 6.07) is 0. The predicted molar refractivity (Wildman–Crippen MR) is 57.3 cm³/mol. The van der Waals surface area contributed by atoms with Crippen LogP contribution in [-0.2, 0) is 20.8 Å². The molecule has 0 heterocycles. The van der Waals surface area contributed by atoms with Crippen LogP contribution >= 0.6 is 17.0 Å². The van der Waals surface area contributed by atoms with E-state index in [1.807, 2.05) is 0 Å². The molecule has 0 nitrogen and oxygen atoms in total. The summed E-state index contributed by atoms with van der Waals surface area (Å²) >= 11 is -0.826. The zero-order valence-corrected chi connectivity index (χ0v) is 12.2. The van der Waals surface area contributed by atoms with Gasteiger partial charge in [0, 0.05) is 5.92 Å². The van der Waals surface area contributed by atoms with Gasteiger partial charge in [-0.3, -0.25) is 0 Å². The Hall–Kier alpha value is 0.943. The third-order valence-corrected chi connectivity index (χ3v) is 1.62. The fourth-order valence-electron chi connectivity index (χ4n) is 1.23. The molecule has 1 radical (unpaired) electrons. The van der Waals surface area contributed by atoms with Crippen LogP contribution in [0.25, 0.3) is 0 Å². The first-order chi connectivity index (χ1) is 6.10. The van der Waals surface area contributed by atoms with Gasteiger partial charge in [0.1, 0.15) is 0 Å². The number of rotatable bonds is 2. The van der Waals surface area contributed by atoms with Gasteiger partial charge >= 0.3 is 37.9 Å². The first-order valence-electron chi connectivity index (χ1n) is 4.28. The van der Waals surface area contributed by atoms with Crippen molar-refractivity contribution in [2.24, 2.45) is 5.92 Å². The molecule has 0 saturated carbocycles. The van der Waals surface area contributed by atoms with E-state index in [1.54, 1.807) is 0 Å². The van der Waals surface area contributed by atoms with Crippen LogP contribution < -0.4 is 0 Å². The van der Waals surface area contributed by atoms with Gasteiger partial charge in [-0.05, 0) is 19.3 Å². The van der Waals surface area contributed by atoms with Crippen molar-refractivity contribution in [2.75, 3.05) is 0 Å². The zero-order valence-electron chi connectivity index (χ0n) is 8.27. The molecule has 0 fully saturated rings. The van der Waals surface area contributed by atoms with E-state index in [4.69, 9.17) is 17.0 Å². The van der Waals surface area contributed by atoms with Gasteiger partial charge in [-0.2, -0.15) is 0 Å². The van der Waals surface area contributed by atoms with Crippen LogP contribution in [0.2, 0.25) is 0 Å². The Bertz CT molecular complexity index is 185. The van der Waals surface area contributed by atoms with E-state index in [0.717, 1.165) is 5.92 Å². The summed E-state index contributed by atoms with van der Waals surface area (Å²) in [5, 5.41) is 0. The summed E-state index contributed by atoms with van der Waals surface area (Å²) in [5.74, 6) is 2.26. The Morgan fingerprint density at radius 3 is 2.15 bits per heavy atom. The van der Waals surface area contributed by atoms with Crippen LogP contribution in [0.3, 0.4) is 0 Å². The molecule has 0 unspecified atom stereocenters. The van der Waals surface area contributed by atoms with E-state index in [9.17, 15) is 0 Å². The average molecular weight is 297 g/mol. The summed E-state index contributed by atoms with van der Waals surface area (Å²) in [7, 11) is 9.87. The second-order valence-corrected chi connectivity index (χ2v) is 7.20. The molecule has 0 N–H and O–H groups in total.